The number of allylic oxidation sites excluding steroid dienone is 3. The van der Waals surface area contributed by atoms with Crippen molar-refractivity contribution in [3.05, 3.63) is 47.0 Å². The van der Waals surface area contributed by atoms with Crippen LogP contribution in [-0.4, -0.2) is 17.7 Å². The van der Waals surface area contributed by atoms with Gasteiger partial charge < -0.3 is 9.84 Å². The van der Waals surface area contributed by atoms with Crippen molar-refractivity contribution >= 4 is 23.1 Å². The molecule has 0 saturated heterocycles. The molecule has 1 rings (SSSR count). The second kappa shape index (κ2) is 6.87. The Morgan fingerprint density at radius 1 is 1.50 bits per heavy atom. The summed E-state index contributed by atoms with van der Waals surface area (Å²) in [6.07, 6.45) is 4.29. The van der Waals surface area contributed by atoms with Crippen LogP contribution < -0.4 is 4.74 Å². The Morgan fingerprint density at radius 3 is 2.78 bits per heavy atom. The highest BCUT2D eigenvalue weighted by molar-refractivity contribution is 6.32. The van der Waals surface area contributed by atoms with Crippen molar-refractivity contribution in [3.63, 3.8) is 0 Å². The maximum atomic E-state index is 10.3. The Morgan fingerprint density at radius 2 is 2.22 bits per heavy atom. The third-order valence-electron chi connectivity index (χ3n) is 2.27. The van der Waals surface area contributed by atoms with E-state index in [2.05, 4.69) is 0 Å². The van der Waals surface area contributed by atoms with Crippen LogP contribution in [-0.2, 0) is 4.79 Å². The lowest BCUT2D eigenvalue weighted by atomic mass is 10.1. The number of benzene rings is 1. The first-order valence-corrected chi connectivity index (χ1v) is 5.93. The highest BCUT2D eigenvalue weighted by atomic mass is 35.5. The predicted octanol–water partition coefficient (Wildman–Crippen LogP) is 3.78. The zero-order valence-electron chi connectivity index (χ0n) is 10.3. The van der Waals surface area contributed by atoms with Crippen LogP contribution in [0.3, 0.4) is 0 Å². The summed E-state index contributed by atoms with van der Waals surface area (Å²) in [6, 6.07) is 5.49. The summed E-state index contributed by atoms with van der Waals surface area (Å²) >= 11 is 6.07. The van der Waals surface area contributed by atoms with Crippen LogP contribution in [0.25, 0.3) is 5.57 Å². The molecule has 1 aromatic carbocycles. The van der Waals surface area contributed by atoms with Gasteiger partial charge in [-0.2, -0.15) is 0 Å². The molecule has 3 nitrogen and oxygen atoms in total. The molecule has 0 bridgehead atoms. The van der Waals surface area contributed by atoms with E-state index in [1.54, 1.807) is 18.2 Å². The minimum Gasteiger partial charge on any atom is -0.492 e. The smallest absolute Gasteiger partial charge is 0.328 e. The van der Waals surface area contributed by atoms with E-state index in [1.807, 2.05) is 19.9 Å². The van der Waals surface area contributed by atoms with E-state index in [4.69, 9.17) is 21.4 Å². The third kappa shape index (κ3) is 4.26. The van der Waals surface area contributed by atoms with E-state index in [1.165, 1.54) is 6.08 Å². The van der Waals surface area contributed by atoms with E-state index < -0.39 is 5.97 Å². The quantitative estimate of drug-likeness (QED) is 0.652. The first-order valence-electron chi connectivity index (χ1n) is 5.55. The van der Waals surface area contributed by atoms with Gasteiger partial charge in [-0.1, -0.05) is 29.8 Å². The highest BCUT2D eigenvalue weighted by Gasteiger charge is 2.03. The summed E-state index contributed by atoms with van der Waals surface area (Å²) in [5.74, 6) is -0.319. The van der Waals surface area contributed by atoms with Crippen molar-refractivity contribution in [1.82, 2.24) is 0 Å². The summed E-state index contributed by atoms with van der Waals surface area (Å²) in [5.41, 5.74) is 1.86. The van der Waals surface area contributed by atoms with E-state index in [9.17, 15) is 4.79 Å². The van der Waals surface area contributed by atoms with Crippen molar-refractivity contribution < 1.29 is 14.6 Å². The van der Waals surface area contributed by atoms with Crippen LogP contribution in [0.5, 0.6) is 5.75 Å². The fourth-order valence-corrected chi connectivity index (χ4v) is 1.62. The summed E-state index contributed by atoms with van der Waals surface area (Å²) < 4.78 is 5.34. The number of carboxylic acid groups (broad SMARTS) is 1. The Balaban J connectivity index is 2.90. The molecule has 4 heteroatoms. The van der Waals surface area contributed by atoms with Crippen LogP contribution in [0.2, 0.25) is 5.02 Å². The molecule has 96 valence electrons. The van der Waals surface area contributed by atoms with Crippen molar-refractivity contribution in [2.24, 2.45) is 0 Å². The molecule has 1 aromatic rings. The van der Waals surface area contributed by atoms with E-state index in [-0.39, 0.29) is 0 Å². The molecular weight excluding hydrogens is 252 g/mol. The van der Waals surface area contributed by atoms with Gasteiger partial charge in [0.1, 0.15) is 5.75 Å². The van der Waals surface area contributed by atoms with Gasteiger partial charge in [-0.3, -0.25) is 0 Å². The lowest BCUT2D eigenvalue weighted by Crippen LogP contribution is -1.92. The molecule has 0 heterocycles. The van der Waals surface area contributed by atoms with Crippen LogP contribution in [0.1, 0.15) is 19.4 Å². The summed E-state index contributed by atoms with van der Waals surface area (Å²) in [7, 11) is 0. The van der Waals surface area contributed by atoms with Crippen LogP contribution >= 0.6 is 11.6 Å². The molecule has 0 saturated carbocycles. The molecule has 0 aromatic heterocycles. The van der Waals surface area contributed by atoms with Gasteiger partial charge in [-0.25, -0.2) is 4.79 Å². The Kier molecular flexibility index (Phi) is 5.46. The zero-order chi connectivity index (χ0) is 13.5. The van der Waals surface area contributed by atoms with Crippen LogP contribution in [0.4, 0.5) is 0 Å². The van der Waals surface area contributed by atoms with Crippen molar-refractivity contribution in [2.75, 3.05) is 6.61 Å². The van der Waals surface area contributed by atoms with Gasteiger partial charge >= 0.3 is 5.97 Å². The van der Waals surface area contributed by atoms with Crippen LogP contribution in [0, 0.1) is 0 Å². The molecule has 18 heavy (non-hydrogen) atoms. The maximum Gasteiger partial charge on any atom is 0.328 e. The molecule has 0 amide bonds. The average molecular weight is 267 g/mol. The topological polar surface area (TPSA) is 46.5 Å². The summed E-state index contributed by atoms with van der Waals surface area (Å²) in [6.45, 7) is 4.35. The Bertz CT molecular complexity index is 490. The second-order valence-electron chi connectivity index (χ2n) is 3.63. The number of carboxylic acids is 1. The van der Waals surface area contributed by atoms with Gasteiger partial charge in [-0.05, 0) is 37.1 Å². The van der Waals surface area contributed by atoms with Crippen molar-refractivity contribution in [1.29, 1.82) is 0 Å². The average Bonchev–Trinajstić information content (AvgIpc) is 2.31. The zero-order valence-corrected chi connectivity index (χ0v) is 11.1. The molecular formula is C14H15ClO3. The van der Waals surface area contributed by atoms with E-state index in [0.717, 1.165) is 17.2 Å². The fourth-order valence-electron chi connectivity index (χ4n) is 1.39. The van der Waals surface area contributed by atoms with E-state index >= 15 is 0 Å². The van der Waals surface area contributed by atoms with Gasteiger partial charge in [0.2, 0.25) is 0 Å². The number of rotatable bonds is 5. The van der Waals surface area contributed by atoms with Crippen LogP contribution in [0.15, 0.2) is 36.4 Å². The lowest BCUT2D eigenvalue weighted by Gasteiger charge is -2.07. The molecule has 0 aliphatic carbocycles. The minimum absolute atomic E-state index is 0.546. The van der Waals surface area contributed by atoms with E-state index in [0.29, 0.717) is 17.4 Å². The molecule has 0 atom stereocenters. The minimum atomic E-state index is -0.969. The first-order chi connectivity index (χ1) is 8.54. The molecule has 0 fully saturated rings. The largest absolute Gasteiger partial charge is 0.492 e. The number of hydrogen-bond donors (Lipinski definition) is 1. The SMILES string of the molecule is CCOc1ccc(/C(C)=C/C=C/C(=O)O)cc1Cl. The van der Waals surface area contributed by atoms with Gasteiger partial charge in [0.15, 0.2) is 0 Å². The third-order valence-corrected chi connectivity index (χ3v) is 2.57. The molecule has 0 aliphatic rings. The molecule has 0 radical (unpaired) electrons. The summed E-state index contributed by atoms with van der Waals surface area (Å²) in [5, 5.41) is 9.03. The predicted molar refractivity (Wildman–Crippen MR) is 73.0 cm³/mol. The molecule has 1 N–H and O–H groups in total. The standard InChI is InChI=1S/C14H15ClO3/c1-3-18-13-8-7-11(9-12(13)15)10(2)5-4-6-14(16)17/h4-9H,3H2,1-2H3,(H,16,17)/b6-4+,10-5+. The second-order valence-corrected chi connectivity index (χ2v) is 4.03. The maximum absolute atomic E-state index is 10.3. The van der Waals surface area contributed by atoms with Gasteiger partial charge in [-0.15, -0.1) is 0 Å². The fraction of sp³-hybridized carbons (Fsp3) is 0.214. The molecule has 0 aliphatic heterocycles. The number of aliphatic carboxylic acids is 1. The highest BCUT2D eigenvalue weighted by Crippen LogP contribution is 2.28. The van der Waals surface area contributed by atoms with Gasteiger partial charge in [0.05, 0.1) is 11.6 Å². The Hall–Kier alpha value is -1.74. The molecule has 0 spiro atoms. The number of hydrogen-bond acceptors (Lipinski definition) is 2. The monoisotopic (exact) mass is 266 g/mol. The number of ether oxygens (including phenoxy) is 1. The lowest BCUT2D eigenvalue weighted by molar-refractivity contribution is -0.131. The summed E-state index contributed by atoms with van der Waals surface area (Å²) in [4.78, 5) is 10.3. The Labute approximate surface area is 111 Å². The van der Waals surface area contributed by atoms with Crippen molar-refractivity contribution in [2.45, 2.75) is 13.8 Å². The van der Waals surface area contributed by atoms with Gasteiger partial charge in [0.25, 0.3) is 0 Å². The number of halogens is 1. The first kappa shape index (κ1) is 14.3. The normalized spacial score (nSPS) is 11.8. The number of carbonyl (C=O) groups is 1. The molecule has 0 unspecified atom stereocenters. The van der Waals surface area contributed by atoms with Gasteiger partial charge in [0, 0.05) is 6.08 Å². The van der Waals surface area contributed by atoms with Crippen molar-refractivity contribution in [3.8, 4) is 5.75 Å².